The molecule has 1 fully saturated rings. The summed E-state index contributed by atoms with van der Waals surface area (Å²) in [6.07, 6.45) is 2.79. The zero-order valence-electron chi connectivity index (χ0n) is 14.9. The lowest BCUT2D eigenvalue weighted by Gasteiger charge is -2.32. The molecule has 0 bridgehead atoms. The fourth-order valence-electron chi connectivity index (χ4n) is 3.02. The Bertz CT molecular complexity index is 686. The smallest absolute Gasteiger partial charge is 0.231 e. The average molecular weight is 343 g/mol. The minimum atomic E-state index is 0.0660. The minimum Gasteiger partial charge on any atom is -0.485 e. The van der Waals surface area contributed by atoms with Gasteiger partial charge in [0.25, 0.3) is 0 Å². The van der Waals surface area contributed by atoms with E-state index in [0.717, 1.165) is 31.6 Å². The van der Waals surface area contributed by atoms with E-state index < -0.39 is 0 Å². The van der Waals surface area contributed by atoms with Crippen molar-refractivity contribution in [1.82, 2.24) is 15.0 Å². The summed E-state index contributed by atoms with van der Waals surface area (Å²) in [4.78, 5) is 18.8. The molecule has 1 aliphatic rings. The molecule has 0 radical (unpaired) electrons. The topological polar surface area (TPSA) is 68.5 Å². The van der Waals surface area contributed by atoms with Gasteiger partial charge in [0.1, 0.15) is 5.75 Å². The summed E-state index contributed by atoms with van der Waals surface area (Å²) >= 11 is 0. The number of hydrogen-bond acceptors (Lipinski definition) is 5. The molecule has 1 aliphatic heterocycles. The quantitative estimate of drug-likeness (QED) is 0.804. The van der Waals surface area contributed by atoms with Crippen LogP contribution in [0.4, 0.5) is 0 Å². The lowest BCUT2D eigenvalue weighted by molar-refractivity contribution is -0.136. The Kier molecular flexibility index (Phi) is 5.68. The second-order valence-corrected chi connectivity index (χ2v) is 6.58. The first-order chi connectivity index (χ1) is 12.2. The van der Waals surface area contributed by atoms with E-state index >= 15 is 0 Å². The summed E-state index contributed by atoms with van der Waals surface area (Å²) < 4.78 is 11.1. The van der Waals surface area contributed by atoms with Crippen molar-refractivity contribution in [2.45, 2.75) is 45.6 Å². The zero-order chi connectivity index (χ0) is 17.6. The van der Waals surface area contributed by atoms with Gasteiger partial charge in [-0.1, -0.05) is 37.2 Å². The van der Waals surface area contributed by atoms with Crippen LogP contribution in [0.3, 0.4) is 0 Å². The first-order valence-corrected chi connectivity index (χ1v) is 8.96. The van der Waals surface area contributed by atoms with Crippen LogP contribution in [0.2, 0.25) is 0 Å². The summed E-state index contributed by atoms with van der Waals surface area (Å²) in [5.74, 6) is 2.31. The second kappa shape index (κ2) is 8.14. The van der Waals surface area contributed by atoms with Crippen LogP contribution in [0.15, 0.2) is 34.9 Å². The number of piperidine rings is 1. The van der Waals surface area contributed by atoms with Crippen LogP contribution in [-0.2, 0) is 11.4 Å². The number of nitrogens with zero attached hydrogens (tertiary/aromatic N) is 3. The summed E-state index contributed by atoms with van der Waals surface area (Å²) in [6, 6.07) is 9.56. The van der Waals surface area contributed by atoms with Crippen molar-refractivity contribution in [3.8, 4) is 5.75 Å². The van der Waals surface area contributed by atoms with E-state index in [0.29, 0.717) is 18.3 Å². The Morgan fingerprint density at radius 2 is 2.20 bits per heavy atom. The number of benzene rings is 1. The standard InChI is InChI=1S/C19H25N3O3/c1-3-14(2)19(23)22-11-7-8-15(12-22)18-20-17(21-25-18)13-24-16-9-5-4-6-10-16/h4-6,9-10,14-15H,3,7-8,11-13H2,1-2H3/t14-,15-/m1/s1. The molecule has 0 spiro atoms. The summed E-state index contributed by atoms with van der Waals surface area (Å²) in [5.41, 5.74) is 0. The van der Waals surface area contributed by atoms with Crippen molar-refractivity contribution < 1.29 is 14.1 Å². The van der Waals surface area contributed by atoms with Crippen LogP contribution < -0.4 is 4.74 Å². The van der Waals surface area contributed by atoms with Crippen LogP contribution in [0, 0.1) is 5.92 Å². The van der Waals surface area contributed by atoms with Gasteiger partial charge < -0.3 is 14.2 Å². The summed E-state index contributed by atoms with van der Waals surface area (Å²) in [6.45, 7) is 5.77. The van der Waals surface area contributed by atoms with E-state index in [1.165, 1.54) is 0 Å². The molecular formula is C19H25N3O3. The molecule has 0 unspecified atom stereocenters. The Hall–Kier alpha value is -2.37. The summed E-state index contributed by atoms with van der Waals surface area (Å²) in [7, 11) is 0. The Morgan fingerprint density at radius 3 is 2.96 bits per heavy atom. The highest BCUT2D eigenvalue weighted by Gasteiger charge is 2.30. The molecule has 2 heterocycles. The van der Waals surface area contributed by atoms with Gasteiger partial charge in [-0.3, -0.25) is 4.79 Å². The van der Waals surface area contributed by atoms with Gasteiger partial charge in [-0.2, -0.15) is 4.98 Å². The number of hydrogen-bond donors (Lipinski definition) is 0. The lowest BCUT2D eigenvalue weighted by atomic mass is 9.96. The molecule has 2 aromatic rings. The number of para-hydroxylation sites is 1. The highest BCUT2D eigenvalue weighted by Crippen LogP contribution is 2.27. The highest BCUT2D eigenvalue weighted by atomic mass is 16.5. The number of carbonyl (C=O) groups is 1. The minimum absolute atomic E-state index is 0.0660. The van der Waals surface area contributed by atoms with Gasteiger partial charge >= 0.3 is 0 Å². The molecule has 6 nitrogen and oxygen atoms in total. The predicted octanol–water partition coefficient (Wildman–Crippen LogP) is 3.40. The number of aromatic nitrogens is 2. The van der Waals surface area contributed by atoms with Crippen molar-refractivity contribution in [1.29, 1.82) is 0 Å². The molecule has 1 saturated heterocycles. The fourth-order valence-corrected chi connectivity index (χ4v) is 3.02. The number of likely N-dealkylation sites (tertiary alicyclic amines) is 1. The maximum atomic E-state index is 12.4. The van der Waals surface area contributed by atoms with E-state index in [2.05, 4.69) is 10.1 Å². The van der Waals surface area contributed by atoms with E-state index in [4.69, 9.17) is 9.26 Å². The molecule has 1 aromatic carbocycles. The van der Waals surface area contributed by atoms with Crippen molar-refractivity contribution in [2.24, 2.45) is 5.92 Å². The van der Waals surface area contributed by atoms with Crippen molar-refractivity contribution >= 4 is 5.91 Å². The van der Waals surface area contributed by atoms with Gasteiger partial charge in [0.2, 0.25) is 17.6 Å². The Labute approximate surface area is 148 Å². The molecule has 3 rings (SSSR count). The van der Waals surface area contributed by atoms with Gasteiger partial charge in [0.05, 0.1) is 5.92 Å². The van der Waals surface area contributed by atoms with Gasteiger partial charge in [0.15, 0.2) is 6.61 Å². The first-order valence-electron chi connectivity index (χ1n) is 8.96. The van der Waals surface area contributed by atoms with Gasteiger partial charge in [0, 0.05) is 19.0 Å². The Morgan fingerprint density at radius 1 is 1.40 bits per heavy atom. The van der Waals surface area contributed by atoms with Crippen molar-refractivity contribution in [2.75, 3.05) is 13.1 Å². The molecule has 0 N–H and O–H groups in total. The van der Waals surface area contributed by atoms with Crippen LogP contribution in [-0.4, -0.2) is 34.0 Å². The Balaban J connectivity index is 1.58. The van der Waals surface area contributed by atoms with Crippen LogP contribution in [0.5, 0.6) is 5.75 Å². The monoisotopic (exact) mass is 343 g/mol. The fraction of sp³-hybridized carbons (Fsp3) is 0.526. The number of rotatable bonds is 6. The van der Waals surface area contributed by atoms with Gasteiger partial charge in [-0.15, -0.1) is 0 Å². The van der Waals surface area contributed by atoms with Crippen molar-refractivity contribution in [3.05, 3.63) is 42.0 Å². The molecule has 0 saturated carbocycles. The molecule has 25 heavy (non-hydrogen) atoms. The van der Waals surface area contributed by atoms with Gasteiger partial charge in [-0.05, 0) is 31.4 Å². The molecule has 1 aromatic heterocycles. The molecule has 2 atom stereocenters. The van der Waals surface area contributed by atoms with Crippen LogP contribution in [0.25, 0.3) is 0 Å². The summed E-state index contributed by atoms with van der Waals surface area (Å²) in [5, 5.41) is 4.01. The molecule has 1 amide bonds. The SMILES string of the molecule is CC[C@@H](C)C(=O)N1CCC[C@@H](c2nc(COc3ccccc3)no2)C1. The third-order valence-electron chi connectivity index (χ3n) is 4.71. The van der Waals surface area contributed by atoms with E-state index in [9.17, 15) is 4.79 Å². The van der Waals surface area contributed by atoms with E-state index in [1.807, 2.05) is 49.1 Å². The van der Waals surface area contributed by atoms with Gasteiger partial charge in [-0.25, -0.2) is 0 Å². The highest BCUT2D eigenvalue weighted by molar-refractivity contribution is 5.78. The second-order valence-electron chi connectivity index (χ2n) is 6.58. The maximum absolute atomic E-state index is 12.4. The number of carbonyl (C=O) groups excluding carboxylic acids is 1. The molecular weight excluding hydrogens is 318 g/mol. The zero-order valence-corrected chi connectivity index (χ0v) is 14.9. The number of ether oxygens (including phenoxy) is 1. The van der Waals surface area contributed by atoms with E-state index in [1.54, 1.807) is 0 Å². The normalized spacial score (nSPS) is 18.8. The maximum Gasteiger partial charge on any atom is 0.231 e. The molecule has 134 valence electrons. The predicted molar refractivity (Wildman–Crippen MR) is 93.1 cm³/mol. The number of amides is 1. The molecule has 6 heteroatoms. The average Bonchev–Trinajstić information content (AvgIpc) is 3.15. The van der Waals surface area contributed by atoms with Crippen LogP contribution >= 0.6 is 0 Å². The third kappa shape index (κ3) is 4.38. The lowest BCUT2D eigenvalue weighted by Crippen LogP contribution is -2.41. The largest absolute Gasteiger partial charge is 0.485 e. The first kappa shape index (κ1) is 17.5. The van der Waals surface area contributed by atoms with Crippen LogP contribution in [0.1, 0.15) is 50.7 Å². The van der Waals surface area contributed by atoms with Crippen molar-refractivity contribution in [3.63, 3.8) is 0 Å². The van der Waals surface area contributed by atoms with E-state index in [-0.39, 0.29) is 24.3 Å². The molecule has 0 aliphatic carbocycles. The third-order valence-corrected chi connectivity index (χ3v) is 4.71.